The molecular formula is C26H36Cl2N2O5S. The van der Waals surface area contributed by atoms with Gasteiger partial charge >= 0.3 is 0 Å². The largest absolute Gasteiger partial charge is 0.497 e. The van der Waals surface area contributed by atoms with Crippen LogP contribution >= 0.6 is 24.0 Å². The third-order valence-corrected chi connectivity index (χ3v) is 7.84. The molecule has 0 radical (unpaired) electrons. The zero-order valence-electron chi connectivity index (χ0n) is 21.2. The molecule has 1 N–H and O–H groups in total. The van der Waals surface area contributed by atoms with Crippen LogP contribution in [0.3, 0.4) is 0 Å². The van der Waals surface area contributed by atoms with Gasteiger partial charge in [0.1, 0.15) is 16.9 Å². The third kappa shape index (κ3) is 7.35. The van der Waals surface area contributed by atoms with Gasteiger partial charge in [0.2, 0.25) is 5.91 Å². The Labute approximate surface area is 227 Å². The third-order valence-electron chi connectivity index (χ3n) is 5.97. The molecule has 0 saturated carbocycles. The Morgan fingerprint density at radius 1 is 1.19 bits per heavy atom. The lowest BCUT2D eigenvalue weighted by Crippen LogP contribution is -2.31. The van der Waals surface area contributed by atoms with E-state index >= 15 is 0 Å². The number of aliphatic hydroxyl groups is 1. The van der Waals surface area contributed by atoms with Crippen LogP contribution in [0, 0.1) is 5.92 Å². The van der Waals surface area contributed by atoms with E-state index in [4.69, 9.17) is 21.1 Å². The van der Waals surface area contributed by atoms with Gasteiger partial charge in [0.25, 0.3) is 0 Å². The van der Waals surface area contributed by atoms with Crippen molar-refractivity contribution in [1.29, 1.82) is 0 Å². The highest BCUT2D eigenvalue weighted by molar-refractivity contribution is 7.86. The van der Waals surface area contributed by atoms with Crippen molar-refractivity contribution in [3.8, 4) is 11.5 Å². The number of nitrogens with zero attached hydrogens (tertiary/aromatic N) is 2. The molecule has 200 valence electrons. The fraction of sp³-hybridized carbons (Fsp3) is 0.500. The molecule has 3 rings (SSSR count). The molecule has 0 spiro atoms. The van der Waals surface area contributed by atoms with Gasteiger partial charge in [-0.25, -0.2) is 0 Å². The highest BCUT2D eigenvalue weighted by Gasteiger charge is 2.41. The summed E-state index contributed by atoms with van der Waals surface area (Å²) in [5.74, 6) is 1.53. The number of halogens is 2. The first-order valence-electron chi connectivity index (χ1n) is 11.9. The number of ether oxygens (including phenoxy) is 2. The summed E-state index contributed by atoms with van der Waals surface area (Å²) >= 11 is 6.16. The summed E-state index contributed by atoms with van der Waals surface area (Å²) in [6.07, 6.45) is 1.84. The molecule has 0 aromatic heterocycles. The molecule has 0 saturated heterocycles. The highest BCUT2D eigenvalue weighted by atomic mass is 35.5. The normalized spacial score (nSPS) is 16.7. The number of amides is 1. The van der Waals surface area contributed by atoms with E-state index in [1.54, 1.807) is 43.5 Å². The average Bonchev–Trinajstić information content (AvgIpc) is 3.11. The van der Waals surface area contributed by atoms with Gasteiger partial charge in [0, 0.05) is 30.6 Å². The van der Waals surface area contributed by atoms with Crippen LogP contribution in [-0.2, 0) is 15.6 Å². The van der Waals surface area contributed by atoms with Crippen molar-refractivity contribution in [1.82, 2.24) is 4.90 Å². The first-order chi connectivity index (χ1) is 16.8. The van der Waals surface area contributed by atoms with Crippen molar-refractivity contribution in [3.63, 3.8) is 0 Å². The van der Waals surface area contributed by atoms with Crippen LogP contribution in [0.5, 0.6) is 11.5 Å². The monoisotopic (exact) mass is 558 g/mol. The van der Waals surface area contributed by atoms with Crippen LogP contribution in [0.1, 0.15) is 44.6 Å². The molecule has 2 aromatic carbocycles. The maximum atomic E-state index is 13.6. The molecule has 2 atom stereocenters. The van der Waals surface area contributed by atoms with Gasteiger partial charge in [-0.1, -0.05) is 25.4 Å². The highest BCUT2D eigenvalue weighted by Crippen LogP contribution is 2.47. The molecule has 2 unspecified atom stereocenters. The lowest BCUT2D eigenvalue weighted by atomic mass is 10.1. The van der Waals surface area contributed by atoms with E-state index in [9.17, 15) is 14.1 Å². The molecule has 7 nitrogen and oxygen atoms in total. The Bertz CT molecular complexity index is 1050. The van der Waals surface area contributed by atoms with Crippen molar-refractivity contribution in [2.24, 2.45) is 5.92 Å². The lowest BCUT2D eigenvalue weighted by molar-refractivity contribution is -0.116. The molecule has 1 aliphatic rings. The van der Waals surface area contributed by atoms with Crippen molar-refractivity contribution in [2.75, 3.05) is 44.9 Å². The number of carbonyl (C=O) groups excluding carboxylic acids is 1. The van der Waals surface area contributed by atoms with Gasteiger partial charge in [-0.2, -0.15) is 0 Å². The number of hydrogen-bond donors (Lipinski definition) is 1. The van der Waals surface area contributed by atoms with E-state index in [0.29, 0.717) is 51.7 Å². The number of anilines is 1. The Hall–Kier alpha value is -1.84. The fourth-order valence-corrected chi connectivity index (χ4v) is 6.11. The van der Waals surface area contributed by atoms with Crippen LogP contribution in [0.25, 0.3) is 0 Å². The fourth-order valence-electron chi connectivity index (χ4n) is 4.15. The molecule has 10 heteroatoms. The zero-order valence-corrected chi connectivity index (χ0v) is 23.6. The summed E-state index contributed by atoms with van der Waals surface area (Å²) < 4.78 is 25.1. The number of methoxy groups -OCH3 is 1. The maximum absolute atomic E-state index is 13.6. The summed E-state index contributed by atoms with van der Waals surface area (Å²) in [5.41, 5.74) is 1.21. The van der Waals surface area contributed by atoms with Crippen LogP contribution in [-0.4, -0.2) is 60.1 Å². The first-order valence-corrected chi connectivity index (χ1v) is 13.5. The molecule has 0 bridgehead atoms. The lowest BCUT2D eigenvalue weighted by Gasteiger charge is -2.26. The van der Waals surface area contributed by atoms with E-state index in [0.717, 1.165) is 25.9 Å². The number of hydrogen-bond acceptors (Lipinski definition) is 6. The summed E-state index contributed by atoms with van der Waals surface area (Å²) in [4.78, 5) is 17.0. The number of fused-ring (bicyclic) bond motifs is 1. The van der Waals surface area contributed by atoms with Crippen molar-refractivity contribution >= 4 is 46.4 Å². The predicted molar refractivity (Wildman–Crippen MR) is 147 cm³/mol. The minimum absolute atomic E-state index is 0. The Morgan fingerprint density at radius 3 is 2.58 bits per heavy atom. The maximum Gasteiger partial charge on any atom is 0.225 e. The minimum atomic E-state index is -1.54. The molecule has 2 aromatic rings. The smallest absolute Gasteiger partial charge is 0.225 e. The molecular weight excluding hydrogens is 523 g/mol. The van der Waals surface area contributed by atoms with E-state index in [1.165, 1.54) is 11.8 Å². The summed E-state index contributed by atoms with van der Waals surface area (Å²) in [7, 11) is 0.0214. The predicted octanol–water partition coefficient (Wildman–Crippen LogP) is 5.05. The molecule has 1 amide bonds. The average molecular weight is 560 g/mol. The number of carbonyl (C=O) groups is 1. The SMILES string of the molecule is COc1ccc(OCCCN(CCO)CCC(C)C)c(C2N(C(C)=O)c3ccc(Cl)cc3S2=O)c1.Cl. The van der Waals surface area contributed by atoms with E-state index in [-0.39, 0.29) is 24.9 Å². The van der Waals surface area contributed by atoms with Crippen molar-refractivity contribution in [3.05, 3.63) is 47.0 Å². The molecule has 1 heterocycles. The van der Waals surface area contributed by atoms with Crippen LogP contribution in [0.15, 0.2) is 41.3 Å². The number of aliphatic hydroxyl groups excluding tert-OH is 1. The standard InChI is InChI=1S/C26H35ClN2O5S.ClH/c1-18(2)10-12-28(13-14-30)11-5-15-34-24-9-7-21(33-4)17-22(24)26-29(19(3)31)23-8-6-20(27)16-25(23)35(26)32;/h6-9,16-18,26,30H,5,10-15H2,1-4H3;1H. The van der Waals surface area contributed by atoms with Crippen LogP contribution < -0.4 is 14.4 Å². The van der Waals surface area contributed by atoms with Crippen molar-refractivity contribution in [2.45, 2.75) is 43.9 Å². The second-order valence-corrected chi connectivity index (χ2v) is 10.9. The summed E-state index contributed by atoms with van der Waals surface area (Å²) in [6, 6.07) is 10.4. The summed E-state index contributed by atoms with van der Waals surface area (Å²) in [5, 5.41) is 9.09. The molecule has 1 aliphatic heterocycles. The van der Waals surface area contributed by atoms with Gasteiger partial charge in [-0.3, -0.25) is 13.9 Å². The number of benzene rings is 2. The van der Waals surface area contributed by atoms with Gasteiger partial charge in [0.05, 0.1) is 41.7 Å². The second kappa shape index (κ2) is 14.2. The summed E-state index contributed by atoms with van der Waals surface area (Å²) in [6.45, 7) is 8.78. The Balaban J connectivity index is 0.00000456. The minimum Gasteiger partial charge on any atom is -0.497 e. The first kappa shape index (κ1) is 30.4. The van der Waals surface area contributed by atoms with Crippen LogP contribution in [0.2, 0.25) is 5.02 Å². The topological polar surface area (TPSA) is 79.3 Å². The van der Waals surface area contributed by atoms with Gasteiger partial charge in [-0.15, -0.1) is 12.4 Å². The van der Waals surface area contributed by atoms with E-state index in [1.807, 2.05) is 0 Å². The van der Waals surface area contributed by atoms with Crippen LogP contribution in [0.4, 0.5) is 5.69 Å². The van der Waals surface area contributed by atoms with Gasteiger partial charge < -0.3 is 19.5 Å². The zero-order chi connectivity index (χ0) is 25.5. The Kier molecular flexibility index (Phi) is 12.0. The second-order valence-electron chi connectivity index (χ2n) is 9.00. The van der Waals surface area contributed by atoms with E-state index < -0.39 is 16.2 Å². The quantitative estimate of drug-likeness (QED) is 0.367. The van der Waals surface area contributed by atoms with Crippen molar-refractivity contribution < 1.29 is 23.6 Å². The van der Waals surface area contributed by atoms with Gasteiger partial charge in [-0.05, 0) is 61.7 Å². The molecule has 0 aliphatic carbocycles. The number of rotatable bonds is 12. The van der Waals surface area contributed by atoms with Gasteiger partial charge in [0.15, 0.2) is 0 Å². The van der Waals surface area contributed by atoms with E-state index in [2.05, 4.69) is 18.7 Å². The Morgan fingerprint density at radius 2 is 1.94 bits per heavy atom. The molecule has 0 fully saturated rings. The molecule has 36 heavy (non-hydrogen) atoms.